The van der Waals surface area contributed by atoms with Gasteiger partial charge in [0, 0.05) is 11.6 Å². The highest BCUT2D eigenvalue weighted by Crippen LogP contribution is 2.32. The molecule has 1 aliphatic rings. The third-order valence-electron chi connectivity index (χ3n) is 3.20. The molecule has 0 fully saturated rings. The molecule has 0 bridgehead atoms. The van der Waals surface area contributed by atoms with E-state index in [0.29, 0.717) is 22.8 Å². The smallest absolute Gasteiger partial charge is 0.231 e. The van der Waals surface area contributed by atoms with Gasteiger partial charge >= 0.3 is 0 Å². The zero-order chi connectivity index (χ0) is 14.8. The molecule has 2 aromatic carbocycles. The van der Waals surface area contributed by atoms with Gasteiger partial charge in [0.2, 0.25) is 6.79 Å². The molecule has 0 N–H and O–H groups in total. The van der Waals surface area contributed by atoms with Crippen molar-refractivity contribution >= 4 is 5.78 Å². The lowest BCUT2D eigenvalue weighted by atomic mass is 10.1. The van der Waals surface area contributed by atoms with Crippen LogP contribution in [0.25, 0.3) is 0 Å². The molecule has 1 aliphatic heterocycles. The molecular formula is C16H13FO4. The lowest BCUT2D eigenvalue weighted by molar-refractivity contribution is 0.0920. The third-order valence-corrected chi connectivity index (χ3v) is 3.20. The minimum atomic E-state index is -0.397. The van der Waals surface area contributed by atoms with Crippen molar-refractivity contribution in [2.45, 2.75) is 6.92 Å². The molecule has 0 saturated carbocycles. The second kappa shape index (κ2) is 5.44. The molecule has 3 rings (SSSR count). The summed E-state index contributed by atoms with van der Waals surface area (Å²) in [6.45, 7) is 1.79. The Hall–Kier alpha value is -2.56. The van der Waals surface area contributed by atoms with Crippen LogP contribution in [0.1, 0.15) is 15.9 Å². The van der Waals surface area contributed by atoms with Crippen LogP contribution in [0.5, 0.6) is 17.2 Å². The molecule has 21 heavy (non-hydrogen) atoms. The summed E-state index contributed by atoms with van der Waals surface area (Å²) in [4.78, 5) is 12.1. The SMILES string of the molecule is Cc1ccc(F)cc1OCC(=O)c1ccc2c(c1)OCO2. The Morgan fingerprint density at radius 2 is 2.00 bits per heavy atom. The average Bonchev–Trinajstić information content (AvgIpc) is 2.95. The summed E-state index contributed by atoms with van der Waals surface area (Å²) in [5.74, 6) is 0.920. The molecule has 0 amide bonds. The van der Waals surface area contributed by atoms with Gasteiger partial charge < -0.3 is 14.2 Å². The second-order valence-corrected chi connectivity index (χ2v) is 4.69. The second-order valence-electron chi connectivity index (χ2n) is 4.69. The molecule has 0 aromatic heterocycles. The number of fused-ring (bicyclic) bond motifs is 1. The fourth-order valence-corrected chi connectivity index (χ4v) is 2.03. The maximum absolute atomic E-state index is 13.1. The van der Waals surface area contributed by atoms with E-state index in [0.717, 1.165) is 5.56 Å². The van der Waals surface area contributed by atoms with Crippen molar-refractivity contribution < 1.29 is 23.4 Å². The largest absolute Gasteiger partial charge is 0.485 e. The molecule has 0 radical (unpaired) electrons. The Bertz CT molecular complexity index is 697. The van der Waals surface area contributed by atoms with Gasteiger partial charge in [-0.3, -0.25) is 4.79 Å². The Kier molecular flexibility index (Phi) is 3.48. The van der Waals surface area contributed by atoms with Crippen LogP contribution in [-0.2, 0) is 0 Å². The van der Waals surface area contributed by atoms with Crippen molar-refractivity contribution in [3.63, 3.8) is 0 Å². The van der Waals surface area contributed by atoms with Crippen LogP contribution in [0.2, 0.25) is 0 Å². The standard InChI is InChI=1S/C16H13FO4/c1-10-2-4-12(17)7-15(10)19-8-13(18)11-3-5-14-16(6-11)21-9-20-14/h2-7H,8-9H2,1H3. The Labute approximate surface area is 121 Å². The molecule has 0 aliphatic carbocycles. The normalized spacial score (nSPS) is 12.3. The van der Waals surface area contributed by atoms with E-state index in [1.807, 2.05) is 0 Å². The number of hydrogen-bond donors (Lipinski definition) is 0. The molecule has 2 aromatic rings. The van der Waals surface area contributed by atoms with Crippen LogP contribution in [0.4, 0.5) is 4.39 Å². The molecule has 4 nitrogen and oxygen atoms in total. The van der Waals surface area contributed by atoms with Crippen molar-refractivity contribution in [3.8, 4) is 17.2 Å². The molecular weight excluding hydrogens is 275 g/mol. The van der Waals surface area contributed by atoms with E-state index in [1.54, 1.807) is 31.2 Å². The maximum Gasteiger partial charge on any atom is 0.231 e. The molecule has 108 valence electrons. The van der Waals surface area contributed by atoms with E-state index in [1.165, 1.54) is 12.1 Å². The van der Waals surface area contributed by atoms with Crippen LogP contribution in [0.3, 0.4) is 0 Å². The van der Waals surface area contributed by atoms with Gasteiger partial charge in [-0.1, -0.05) is 6.07 Å². The number of aryl methyl sites for hydroxylation is 1. The summed E-state index contributed by atoms with van der Waals surface area (Å²) in [5.41, 5.74) is 1.24. The van der Waals surface area contributed by atoms with E-state index in [-0.39, 0.29) is 19.2 Å². The summed E-state index contributed by atoms with van der Waals surface area (Å²) in [5, 5.41) is 0. The van der Waals surface area contributed by atoms with Gasteiger partial charge in [-0.25, -0.2) is 4.39 Å². The molecule has 1 heterocycles. The highest BCUT2D eigenvalue weighted by molar-refractivity contribution is 5.97. The van der Waals surface area contributed by atoms with Crippen molar-refractivity contribution in [2.24, 2.45) is 0 Å². The van der Waals surface area contributed by atoms with Gasteiger partial charge in [0.15, 0.2) is 23.9 Å². The summed E-state index contributed by atoms with van der Waals surface area (Å²) >= 11 is 0. The Balaban J connectivity index is 1.70. The molecule has 0 saturated heterocycles. The predicted molar refractivity (Wildman–Crippen MR) is 73.5 cm³/mol. The van der Waals surface area contributed by atoms with E-state index in [9.17, 15) is 9.18 Å². The zero-order valence-electron chi connectivity index (χ0n) is 11.4. The summed E-state index contributed by atoms with van der Waals surface area (Å²) in [7, 11) is 0. The van der Waals surface area contributed by atoms with Crippen LogP contribution in [-0.4, -0.2) is 19.2 Å². The van der Waals surface area contributed by atoms with Crippen LogP contribution in [0.15, 0.2) is 36.4 Å². The molecule has 5 heteroatoms. The number of benzene rings is 2. The van der Waals surface area contributed by atoms with Gasteiger partial charge in [-0.2, -0.15) is 0 Å². The first-order valence-corrected chi connectivity index (χ1v) is 6.45. The fourth-order valence-electron chi connectivity index (χ4n) is 2.03. The minimum Gasteiger partial charge on any atom is -0.485 e. The fraction of sp³-hybridized carbons (Fsp3) is 0.188. The van der Waals surface area contributed by atoms with Crippen LogP contribution >= 0.6 is 0 Å². The van der Waals surface area contributed by atoms with E-state index < -0.39 is 5.82 Å². The number of carbonyl (C=O) groups excluding carboxylic acids is 1. The van der Waals surface area contributed by atoms with Gasteiger partial charge in [0.1, 0.15) is 11.6 Å². The number of rotatable bonds is 4. The predicted octanol–water partition coefficient (Wildman–Crippen LogP) is 3.12. The van der Waals surface area contributed by atoms with Gasteiger partial charge in [0.25, 0.3) is 0 Å². The van der Waals surface area contributed by atoms with Crippen LogP contribution in [0, 0.1) is 12.7 Å². The van der Waals surface area contributed by atoms with Crippen LogP contribution < -0.4 is 14.2 Å². The molecule has 0 spiro atoms. The first-order valence-electron chi connectivity index (χ1n) is 6.45. The zero-order valence-corrected chi connectivity index (χ0v) is 11.4. The quantitative estimate of drug-likeness (QED) is 0.811. The number of hydrogen-bond acceptors (Lipinski definition) is 4. The highest BCUT2D eigenvalue weighted by Gasteiger charge is 2.16. The van der Waals surface area contributed by atoms with Crippen molar-refractivity contribution in [3.05, 3.63) is 53.3 Å². The number of ether oxygens (including phenoxy) is 3. The maximum atomic E-state index is 13.1. The number of halogens is 1. The highest BCUT2D eigenvalue weighted by atomic mass is 19.1. The monoisotopic (exact) mass is 288 g/mol. The van der Waals surface area contributed by atoms with Gasteiger partial charge in [-0.15, -0.1) is 0 Å². The van der Waals surface area contributed by atoms with Gasteiger partial charge in [0.05, 0.1) is 0 Å². The van der Waals surface area contributed by atoms with E-state index in [2.05, 4.69) is 0 Å². The summed E-state index contributed by atoms with van der Waals surface area (Å²) < 4.78 is 28.9. The van der Waals surface area contributed by atoms with E-state index >= 15 is 0 Å². The lowest BCUT2D eigenvalue weighted by Crippen LogP contribution is -2.12. The summed E-state index contributed by atoms with van der Waals surface area (Å²) in [6, 6.07) is 9.17. The first kappa shape index (κ1) is 13.4. The summed E-state index contributed by atoms with van der Waals surface area (Å²) in [6.07, 6.45) is 0. The number of ketones is 1. The Morgan fingerprint density at radius 3 is 2.86 bits per heavy atom. The molecule has 0 atom stereocenters. The van der Waals surface area contributed by atoms with Crippen molar-refractivity contribution in [2.75, 3.05) is 13.4 Å². The average molecular weight is 288 g/mol. The first-order chi connectivity index (χ1) is 10.1. The number of carbonyl (C=O) groups is 1. The van der Waals surface area contributed by atoms with Crippen molar-refractivity contribution in [1.82, 2.24) is 0 Å². The van der Waals surface area contributed by atoms with E-state index in [4.69, 9.17) is 14.2 Å². The topological polar surface area (TPSA) is 44.8 Å². The van der Waals surface area contributed by atoms with Gasteiger partial charge in [-0.05, 0) is 36.8 Å². The Morgan fingerprint density at radius 1 is 1.19 bits per heavy atom. The number of Topliss-reactive ketones (excluding diaryl/α,β-unsaturated/α-hetero) is 1. The van der Waals surface area contributed by atoms with Crippen molar-refractivity contribution in [1.29, 1.82) is 0 Å². The molecule has 0 unspecified atom stereocenters. The third kappa shape index (κ3) is 2.81. The lowest BCUT2D eigenvalue weighted by Gasteiger charge is -2.08. The minimum absolute atomic E-state index is 0.159.